The van der Waals surface area contributed by atoms with Crippen LogP contribution in [0, 0.1) is 0 Å². The number of aryl methyl sites for hydroxylation is 1. The second-order valence-corrected chi connectivity index (χ2v) is 7.22. The van der Waals surface area contributed by atoms with Crippen molar-refractivity contribution in [2.24, 2.45) is 0 Å². The topological polar surface area (TPSA) is 78.4 Å². The second kappa shape index (κ2) is 7.14. The van der Waals surface area contributed by atoms with Crippen molar-refractivity contribution in [3.05, 3.63) is 48.3 Å². The lowest BCUT2D eigenvalue weighted by Gasteiger charge is -2.34. The third-order valence-electron chi connectivity index (χ3n) is 3.95. The van der Waals surface area contributed by atoms with Crippen LogP contribution in [0.2, 0.25) is 0 Å². The van der Waals surface area contributed by atoms with E-state index in [0.29, 0.717) is 32.0 Å². The molecule has 1 saturated heterocycles. The molecule has 24 heavy (non-hydrogen) atoms. The zero-order valence-corrected chi connectivity index (χ0v) is 14.4. The molecule has 8 heteroatoms. The number of rotatable bonds is 5. The van der Waals surface area contributed by atoms with Crippen molar-refractivity contribution >= 4 is 21.8 Å². The number of anilines is 2. The zero-order valence-electron chi connectivity index (χ0n) is 13.6. The Morgan fingerprint density at radius 1 is 1.08 bits per heavy atom. The first-order valence-corrected chi connectivity index (χ1v) is 9.42. The number of pyridine rings is 2. The number of aromatic nitrogens is 2. The molecule has 0 bridgehead atoms. The summed E-state index contributed by atoms with van der Waals surface area (Å²) in [7, 11) is -3.59. The van der Waals surface area contributed by atoms with Gasteiger partial charge in [-0.15, -0.1) is 0 Å². The summed E-state index contributed by atoms with van der Waals surface area (Å²) in [6.07, 6.45) is 2.50. The molecule has 0 aromatic carbocycles. The van der Waals surface area contributed by atoms with E-state index in [4.69, 9.17) is 0 Å². The normalized spacial score (nSPS) is 16.1. The Morgan fingerprint density at radius 3 is 2.54 bits per heavy atom. The zero-order chi connectivity index (χ0) is 17.0. The Bertz CT molecular complexity index is 774. The first-order valence-electron chi connectivity index (χ1n) is 7.98. The van der Waals surface area contributed by atoms with Crippen molar-refractivity contribution in [1.82, 2.24) is 14.3 Å². The van der Waals surface area contributed by atoms with Crippen molar-refractivity contribution in [1.29, 1.82) is 0 Å². The Hall–Kier alpha value is -2.19. The highest BCUT2D eigenvalue weighted by Crippen LogP contribution is 2.16. The van der Waals surface area contributed by atoms with Gasteiger partial charge in [0.15, 0.2) is 0 Å². The molecule has 3 rings (SSSR count). The van der Waals surface area contributed by atoms with Crippen LogP contribution in [-0.2, 0) is 16.6 Å². The lowest BCUT2D eigenvalue weighted by Crippen LogP contribution is -2.50. The SMILES string of the molecule is CCc1cccc(NS(=O)(=O)N2CCN(c3ccccn3)CC2)n1. The lowest BCUT2D eigenvalue weighted by atomic mass is 10.3. The predicted molar refractivity (Wildman–Crippen MR) is 94.2 cm³/mol. The molecule has 2 aromatic rings. The van der Waals surface area contributed by atoms with Crippen LogP contribution in [0.1, 0.15) is 12.6 Å². The summed E-state index contributed by atoms with van der Waals surface area (Å²) in [5.41, 5.74) is 0.857. The summed E-state index contributed by atoms with van der Waals surface area (Å²) >= 11 is 0. The molecule has 0 saturated carbocycles. The van der Waals surface area contributed by atoms with Crippen LogP contribution in [0.3, 0.4) is 0 Å². The maximum absolute atomic E-state index is 12.5. The van der Waals surface area contributed by atoms with Gasteiger partial charge in [0.05, 0.1) is 0 Å². The molecule has 1 aliphatic heterocycles. The van der Waals surface area contributed by atoms with Gasteiger partial charge in [-0.2, -0.15) is 12.7 Å². The lowest BCUT2D eigenvalue weighted by molar-refractivity contribution is 0.386. The van der Waals surface area contributed by atoms with Gasteiger partial charge in [-0.3, -0.25) is 4.72 Å². The van der Waals surface area contributed by atoms with E-state index in [9.17, 15) is 8.42 Å². The van der Waals surface area contributed by atoms with Crippen LogP contribution in [-0.4, -0.2) is 48.9 Å². The van der Waals surface area contributed by atoms with Crippen molar-refractivity contribution in [3.63, 3.8) is 0 Å². The molecule has 1 fully saturated rings. The van der Waals surface area contributed by atoms with E-state index < -0.39 is 10.2 Å². The second-order valence-electron chi connectivity index (χ2n) is 5.55. The monoisotopic (exact) mass is 347 g/mol. The smallest absolute Gasteiger partial charge is 0.302 e. The number of nitrogens with one attached hydrogen (secondary N) is 1. The number of hydrogen-bond donors (Lipinski definition) is 1. The number of piperazine rings is 1. The Morgan fingerprint density at radius 2 is 1.88 bits per heavy atom. The van der Waals surface area contributed by atoms with Gasteiger partial charge < -0.3 is 4.90 Å². The molecule has 1 aliphatic rings. The highest BCUT2D eigenvalue weighted by Gasteiger charge is 2.27. The molecule has 0 atom stereocenters. The average molecular weight is 347 g/mol. The standard InChI is InChI=1S/C16H21N5O2S/c1-2-14-6-5-7-15(18-14)19-24(22,23)21-12-10-20(11-13-21)16-8-3-4-9-17-16/h3-9H,2,10-13H2,1H3,(H,18,19). The van der Waals surface area contributed by atoms with Crippen molar-refractivity contribution in [2.45, 2.75) is 13.3 Å². The van der Waals surface area contributed by atoms with Gasteiger partial charge in [-0.25, -0.2) is 9.97 Å². The first-order chi connectivity index (χ1) is 11.6. The molecule has 0 amide bonds. The summed E-state index contributed by atoms with van der Waals surface area (Å²) < 4.78 is 29.1. The minimum Gasteiger partial charge on any atom is -0.354 e. The molecular weight excluding hydrogens is 326 g/mol. The molecule has 0 unspecified atom stereocenters. The van der Waals surface area contributed by atoms with Crippen LogP contribution < -0.4 is 9.62 Å². The third-order valence-corrected chi connectivity index (χ3v) is 5.47. The Balaban J connectivity index is 1.64. The molecule has 2 aromatic heterocycles. The van der Waals surface area contributed by atoms with Gasteiger partial charge in [-0.05, 0) is 30.7 Å². The minimum absolute atomic E-state index is 0.363. The molecule has 128 valence electrons. The van der Waals surface area contributed by atoms with E-state index >= 15 is 0 Å². The fourth-order valence-electron chi connectivity index (χ4n) is 2.63. The van der Waals surface area contributed by atoms with Crippen molar-refractivity contribution in [2.75, 3.05) is 35.8 Å². The van der Waals surface area contributed by atoms with Gasteiger partial charge in [0.2, 0.25) is 0 Å². The van der Waals surface area contributed by atoms with E-state index in [-0.39, 0.29) is 0 Å². The maximum Gasteiger partial charge on any atom is 0.302 e. The van der Waals surface area contributed by atoms with Crippen LogP contribution in [0.25, 0.3) is 0 Å². The average Bonchev–Trinajstić information content (AvgIpc) is 2.62. The van der Waals surface area contributed by atoms with Gasteiger partial charge in [0.25, 0.3) is 0 Å². The fourth-order valence-corrected chi connectivity index (χ4v) is 3.78. The molecule has 0 spiro atoms. The highest BCUT2D eigenvalue weighted by molar-refractivity contribution is 7.90. The van der Waals surface area contributed by atoms with E-state index in [1.807, 2.05) is 37.3 Å². The largest absolute Gasteiger partial charge is 0.354 e. The Kier molecular flexibility index (Phi) is 4.96. The molecule has 0 aliphatic carbocycles. The molecular formula is C16H21N5O2S. The molecule has 3 heterocycles. The number of nitrogens with zero attached hydrogens (tertiary/aromatic N) is 4. The van der Waals surface area contributed by atoms with E-state index in [1.165, 1.54) is 4.31 Å². The van der Waals surface area contributed by atoms with Crippen molar-refractivity contribution < 1.29 is 8.42 Å². The first kappa shape index (κ1) is 16.7. The van der Waals surface area contributed by atoms with Crippen LogP contribution in [0.15, 0.2) is 42.6 Å². The predicted octanol–water partition coefficient (Wildman–Crippen LogP) is 1.52. The minimum atomic E-state index is -3.59. The maximum atomic E-state index is 12.5. The van der Waals surface area contributed by atoms with Crippen molar-refractivity contribution in [3.8, 4) is 0 Å². The van der Waals surface area contributed by atoms with Gasteiger partial charge in [0, 0.05) is 38.1 Å². The third kappa shape index (κ3) is 3.82. The van der Waals surface area contributed by atoms with Crippen LogP contribution in [0.5, 0.6) is 0 Å². The summed E-state index contributed by atoms with van der Waals surface area (Å²) in [5, 5.41) is 0. The highest BCUT2D eigenvalue weighted by atomic mass is 32.2. The van der Waals surface area contributed by atoms with Gasteiger partial charge in [-0.1, -0.05) is 19.1 Å². The molecule has 0 radical (unpaired) electrons. The van der Waals surface area contributed by atoms with Gasteiger partial charge >= 0.3 is 10.2 Å². The quantitative estimate of drug-likeness (QED) is 0.887. The van der Waals surface area contributed by atoms with E-state index in [0.717, 1.165) is 17.9 Å². The van der Waals surface area contributed by atoms with E-state index in [1.54, 1.807) is 12.3 Å². The summed E-state index contributed by atoms with van der Waals surface area (Å²) in [6.45, 7) is 4.04. The molecule has 7 nitrogen and oxygen atoms in total. The molecule has 1 N–H and O–H groups in total. The van der Waals surface area contributed by atoms with Gasteiger partial charge in [0.1, 0.15) is 11.6 Å². The fraction of sp³-hybridized carbons (Fsp3) is 0.375. The van der Waals surface area contributed by atoms with Crippen LogP contribution >= 0.6 is 0 Å². The Labute approximate surface area is 142 Å². The number of hydrogen-bond acceptors (Lipinski definition) is 5. The summed E-state index contributed by atoms with van der Waals surface area (Å²) in [6, 6.07) is 11.1. The summed E-state index contributed by atoms with van der Waals surface area (Å²) in [5.74, 6) is 1.24. The van der Waals surface area contributed by atoms with Crippen LogP contribution in [0.4, 0.5) is 11.6 Å². The van der Waals surface area contributed by atoms with E-state index in [2.05, 4.69) is 19.6 Å². The summed E-state index contributed by atoms with van der Waals surface area (Å²) in [4.78, 5) is 10.7.